The zero-order valence-electron chi connectivity index (χ0n) is 16.4. The van der Waals surface area contributed by atoms with Gasteiger partial charge in [0.2, 0.25) is 0 Å². The minimum absolute atomic E-state index is 0.120. The molecule has 30 heavy (non-hydrogen) atoms. The summed E-state index contributed by atoms with van der Waals surface area (Å²) in [4.78, 5) is 22.7. The van der Waals surface area contributed by atoms with Crippen molar-refractivity contribution in [1.82, 2.24) is 9.97 Å². The van der Waals surface area contributed by atoms with Gasteiger partial charge in [-0.05, 0) is 49.3 Å². The average Bonchev–Trinajstić information content (AvgIpc) is 3.10. The van der Waals surface area contributed by atoms with Gasteiger partial charge in [-0.15, -0.1) is 11.3 Å². The SMILES string of the molecule is Cc1ccccc1CSc1ncc(Cl)c(C(=O)Nc2sc3c(c2C#N)CCCC3)n1. The molecule has 1 aromatic carbocycles. The maximum Gasteiger partial charge on any atom is 0.276 e. The van der Waals surface area contributed by atoms with E-state index < -0.39 is 5.91 Å². The Balaban J connectivity index is 1.53. The number of thioether (sulfide) groups is 1. The first-order valence-corrected chi connectivity index (χ1v) is 11.8. The van der Waals surface area contributed by atoms with E-state index in [9.17, 15) is 10.1 Å². The third-order valence-corrected chi connectivity index (χ3v) is 7.46. The second kappa shape index (κ2) is 9.17. The van der Waals surface area contributed by atoms with Gasteiger partial charge in [-0.1, -0.05) is 47.6 Å². The summed E-state index contributed by atoms with van der Waals surface area (Å²) in [5, 5.41) is 13.7. The molecule has 0 fully saturated rings. The van der Waals surface area contributed by atoms with Crippen LogP contribution < -0.4 is 5.32 Å². The first-order chi connectivity index (χ1) is 14.6. The van der Waals surface area contributed by atoms with Crippen molar-refractivity contribution in [1.29, 1.82) is 5.26 Å². The van der Waals surface area contributed by atoms with Gasteiger partial charge in [-0.25, -0.2) is 9.97 Å². The van der Waals surface area contributed by atoms with E-state index in [-0.39, 0.29) is 10.7 Å². The number of hydrogen-bond acceptors (Lipinski definition) is 6. The highest BCUT2D eigenvalue weighted by Crippen LogP contribution is 2.38. The molecule has 5 nitrogen and oxygen atoms in total. The normalized spacial score (nSPS) is 12.8. The molecule has 1 N–H and O–H groups in total. The van der Waals surface area contributed by atoms with Crippen LogP contribution in [0.1, 0.15) is 50.5 Å². The lowest BCUT2D eigenvalue weighted by Crippen LogP contribution is -2.15. The van der Waals surface area contributed by atoms with Gasteiger partial charge in [0.15, 0.2) is 10.9 Å². The van der Waals surface area contributed by atoms with Crippen LogP contribution in [0.15, 0.2) is 35.6 Å². The van der Waals surface area contributed by atoms with Gasteiger partial charge in [-0.2, -0.15) is 5.26 Å². The van der Waals surface area contributed by atoms with Crippen LogP contribution in [-0.4, -0.2) is 15.9 Å². The minimum Gasteiger partial charge on any atom is -0.311 e. The molecule has 0 atom stereocenters. The van der Waals surface area contributed by atoms with E-state index >= 15 is 0 Å². The van der Waals surface area contributed by atoms with Crippen molar-refractivity contribution in [2.45, 2.75) is 43.5 Å². The number of anilines is 1. The van der Waals surface area contributed by atoms with Gasteiger partial charge in [0, 0.05) is 10.6 Å². The van der Waals surface area contributed by atoms with Crippen LogP contribution in [0.3, 0.4) is 0 Å². The van der Waals surface area contributed by atoms with Gasteiger partial charge in [0.1, 0.15) is 11.1 Å². The number of rotatable bonds is 5. The van der Waals surface area contributed by atoms with Crippen LogP contribution in [0.25, 0.3) is 0 Å². The second-order valence-electron chi connectivity index (χ2n) is 7.05. The molecule has 1 aliphatic rings. The lowest BCUT2D eigenvalue weighted by molar-refractivity contribution is 0.102. The number of amides is 1. The molecule has 0 spiro atoms. The Labute approximate surface area is 188 Å². The summed E-state index contributed by atoms with van der Waals surface area (Å²) < 4.78 is 0. The van der Waals surface area contributed by atoms with Gasteiger partial charge < -0.3 is 5.32 Å². The number of aryl methyl sites for hydroxylation is 2. The number of carbonyl (C=O) groups is 1. The molecule has 0 radical (unpaired) electrons. The monoisotopic (exact) mass is 454 g/mol. The number of benzene rings is 1. The number of carbonyl (C=O) groups excluding carboxylic acids is 1. The summed E-state index contributed by atoms with van der Waals surface area (Å²) >= 11 is 9.15. The van der Waals surface area contributed by atoms with E-state index in [0.717, 1.165) is 31.2 Å². The standard InChI is InChI=1S/C22H19ClN4OS2/c1-13-6-2-3-7-14(13)12-29-22-25-11-17(23)19(26-22)20(28)27-21-16(10-24)15-8-4-5-9-18(15)30-21/h2-3,6-7,11H,4-5,8-9,12H2,1H3,(H,27,28). The van der Waals surface area contributed by atoms with E-state index in [4.69, 9.17) is 11.6 Å². The van der Waals surface area contributed by atoms with E-state index in [0.29, 0.717) is 21.5 Å². The lowest BCUT2D eigenvalue weighted by Gasteiger charge is -2.09. The molecule has 0 bridgehead atoms. The highest BCUT2D eigenvalue weighted by Gasteiger charge is 2.23. The molecule has 2 aromatic heterocycles. The molecule has 0 aliphatic heterocycles. The molecule has 3 aromatic rings. The number of fused-ring (bicyclic) bond motifs is 1. The molecule has 0 unspecified atom stereocenters. The fourth-order valence-electron chi connectivity index (χ4n) is 3.43. The Morgan fingerprint density at radius 2 is 2.13 bits per heavy atom. The fraction of sp³-hybridized carbons (Fsp3) is 0.273. The van der Waals surface area contributed by atoms with Crippen molar-refractivity contribution in [3.63, 3.8) is 0 Å². The van der Waals surface area contributed by atoms with E-state index in [1.165, 1.54) is 45.3 Å². The van der Waals surface area contributed by atoms with Crippen LogP contribution >= 0.6 is 34.7 Å². The molecule has 2 heterocycles. The van der Waals surface area contributed by atoms with Crippen LogP contribution in [0.5, 0.6) is 0 Å². The predicted molar refractivity (Wildman–Crippen MR) is 121 cm³/mol. The summed E-state index contributed by atoms with van der Waals surface area (Å²) in [5.74, 6) is 0.279. The number of aromatic nitrogens is 2. The van der Waals surface area contributed by atoms with Crippen molar-refractivity contribution in [3.8, 4) is 6.07 Å². The van der Waals surface area contributed by atoms with Crippen molar-refractivity contribution in [2.75, 3.05) is 5.32 Å². The molecule has 1 aliphatic carbocycles. The molecule has 0 saturated heterocycles. The zero-order valence-corrected chi connectivity index (χ0v) is 18.8. The van der Waals surface area contributed by atoms with Crippen LogP contribution in [-0.2, 0) is 18.6 Å². The number of nitrogens with one attached hydrogen (secondary N) is 1. The Morgan fingerprint density at radius 3 is 2.93 bits per heavy atom. The number of hydrogen-bond donors (Lipinski definition) is 1. The Hall–Kier alpha value is -2.40. The number of nitrogens with zero attached hydrogens (tertiary/aromatic N) is 3. The average molecular weight is 455 g/mol. The highest BCUT2D eigenvalue weighted by molar-refractivity contribution is 7.98. The molecular formula is C22H19ClN4OS2. The third kappa shape index (κ3) is 4.36. The van der Waals surface area contributed by atoms with Gasteiger partial charge in [0.05, 0.1) is 16.8 Å². The summed E-state index contributed by atoms with van der Waals surface area (Å²) in [6, 6.07) is 10.4. The molecule has 4 rings (SSSR count). The van der Waals surface area contributed by atoms with Gasteiger partial charge in [0.25, 0.3) is 5.91 Å². The maximum atomic E-state index is 12.9. The molecule has 0 saturated carbocycles. The van der Waals surface area contributed by atoms with Gasteiger partial charge in [-0.3, -0.25) is 4.79 Å². The van der Waals surface area contributed by atoms with Crippen LogP contribution in [0.2, 0.25) is 5.02 Å². The van der Waals surface area contributed by atoms with Crippen molar-refractivity contribution >= 4 is 45.6 Å². The third-order valence-electron chi connectivity index (χ3n) is 5.07. The van der Waals surface area contributed by atoms with E-state index in [2.05, 4.69) is 40.4 Å². The van der Waals surface area contributed by atoms with Gasteiger partial charge >= 0.3 is 0 Å². The van der Waals surface area contributed by atoms with Crippen LogP contribution in [0.4, 0.5) is 5.00 Å². The molecular weight excluding hydrogens is 436 g/mol. The maximum absolute atomic E-state index is 12.9. The quantitative estimate of drug-likeness (QED) is 0.389. The first kappa shape index (κ1) is 20.9. The Bertz CT molecular complexity index is 1150. The smallest absolute Gasteiger partial charge is 0.276 e. The second-order valence-corrected chi connectivity index (χ2v) is 9.50. The molecule has 8 heteroatoms. The largest absolute Gasteiger partial charge is 0.311 e. The Kier molecular flexibility index (Phi) is 6.38. The van der Waals surface area contributed by atoms with E-state index in [1.54, 1.807) is 0 Å². The highest BCUT2D eigenvalue weighted by atomic mass is 35.5. The predicted octanol–water partition coefficient (Wildman–Crippen LogP) is 5.80. The number of thiophene rings is 1. The number of nitriles is 1. The van der Waals surface area contributed by atoms with Crippen molar-refractivity contribution in [2.24, 2.45) is 0 Å². The van der Waals surface area contributed by atoms with Crippen LogP contribution in [0, 0.1) is 18.3 Å². The summed E-state index contributed by atoms with van der Waals surface area (Å²) in [7, 11) is 0. The topological polar surface area (TPSA) is 78.7 Å². The molecule has 1 amide bonds. The summed E-state index contributed by atoms with van der Waals surface area (Å²) in [6.07, 6.45) is 5.49. The summed E-state index contributed by atoms with van der Waals surface area (Å²) in [5.41, 5.74) is 4.15. The zero-order chi connectivity index (χ0) is 21.1. The number of halogens is 1. The first-order valence-electron chi connectivity index (χ1n) is 9.62. The fourth-order valence-corrected chi connectivity index (χ4v) is 5.73. The Morgan fingerprint density at radius 1 is 1.33 bits per heavy atom. The van der Waals surface area contributed by atoms with Crippen molar-refractivity contribution in [3.05, 3.63) is 68.3 Å². The summed E-state index contributed by atoms with van der Waals surface area (Å²) in [6.45, 7) is 2.06. The lowest BCUT2D eigenvalue weighted by atomic mass is 9.96. The molecule has 152 valence electrons. The van der Waals surface area contributed by atoms with Crippen molar-refractivity contribution < 1.29 is 4.79 Å². The van der Waals surface area contributed by atoms with E-state index in [1.807, 2.05) is 12.1 Å². The minimum atomic E-state index is -0.421.